The van der Waals surface area contributed by atoms with Crippen LogP contribution in [0.1, 0.15) is 6.42 Å². The molecule has 0 fully saturated rings. The molecule has 0 bridgehead atoms. The van der Waals surface area contributed by atoms with Crippen LogP contribution in [0.15, 0.2) is 58.9 Å². The van der Waals surface area contributed by atoms with Crippen molar-refractivity contribution in [1.29, 1.82) is 0 Å². The van der Waals surface area contributed by atoms with Gasteiger partial charge in [-0.1, -0.05) is 53.5 Å². The van der Waals surface area contributed by atoms with Crippen molar-refractivity contribution in [1.82, 2.24) is 4.57 Å². The zero-order valence-electron chi connectivity index (χ0n) is 13.0. The summed E-state index contributed by atoms with van der Waals surface area (Å²) in [5, 5.41) is 13.8. The number of nitrogens with zero attached hydrogens (tertiary/aromatic N) is 2. The maximum atomic E-state index is 10.9. The van der Waals surface area contributed by atoms with Crippen molar-refractivity contribution in [3.8, 4) is 11.3 Å². The summed E-state index contributed by atoms with van der Waals surface area (Å²) in [5.74, 6) is -1.10. The summed E-state index contributed by atoms with van der Waals surface area (Å²) in [5.41, 5.74) is 2.46. The molecule has 2 aromatic carbocycles. The normalized spacial score (nSPS) is 11.7. The molecule has 7 heteroatoms. The molecule has 0 saturated carbocycles. The number of halogens is 2. The van der Waals surface area contributed by atoms with Crippen LogP contribution in [0.2, 0.25) is 10.0 Å². The lowest BCUT2D eigenvalue weighted by atomic mass is 10.2. The van der Waals surface area contributed by atoms with E-state index in [-0.39, 0.29) is 13.0 Å². The number of rotatable bonds is 5. The minimum Gasteiger partial charge on any atom is -0.550 e. The summed E-state index contributed by atoms with van der Waals surface area (Å²) in [7, 11) is 0. The third kappa shape index (κ3) is 4.31. The van der Waals surface area contributed by atoms with Gasteiger partial charge in [0.1, 0.15) is 0 Å². The molecule has 128 valence electrons. The second-order valence-electron chi connectivity index (χ2n) is 5.25. The molecular weight excluding hydrogens is 379 g/mol. The maximum Gasteiger partial charge on any atom is 0.190 e. The second kappa shape index (κ2) is 7.87. The minimum atomic E-state index is -1.10. The van der Waals surface area contributed by atoms with Gasteiger partial charge in [0.25, 0.3) is 0 Å². The van der Waals surface area contributed by atoms with Gasteiger partial charge in [0.05, 0.1) is 16.4 Å². The molecular formula is C18H13Cl2N2O2S-. The maximum absolute atomic E-state index is 10.9. The van der Waals surface area contributed by atoms with E-state index in [4.69, 9.17) is 23.2 Å². The fourth-order valence-corrected chi connectivity index (χ4v) is 3.75. The van der Waals surface area contributed by atoms with E-state index in [0.29, 0.717) is 20.5 Å². The Bertz CT molecular complexity index is 965. The van der Waals surface area contributed by atoms with Crippen LogP contribution < -0.4 is 9.91 Å². The predicted molar refractivity (Wildman–Crippen MR) is 99.1 cm³/mol. The van der Waals surface area contributed by atoms with Crippen molar-refractivity contribution in [3.63, 3.8) is 0 Å². The van der Waals surface area contributed by atoms with E-state index in [1.807, 2.05) is 40.3 Å². The van der Waals surface area contributed by atoms with Gasteiger partial charge in [-0.3, -0.25) is 0 Å². The minimum absolute atomic E-state index is 0.0991. The van der Waals surface area contributed by atoms with Crippen molar-refractivity contribution in [2.24, 2.45) is 4.99 Å². The zero-order chi connectivity index (χ0) is 17.8. The molecule has 0 aliphatic heterocycles. The molecule has 0 aliphatic carbocycles. The standard InChI is InChI=1S/C18H14Cl2N2O2S/c19-13-6-7-15(14(20)10-13)21-18-22(9-8-17(23)24)16(11-25-18)12-4-2-1-3-5-12/h1-7,10-11H,8-9H2,(H,23,24)/p-1. The fourth-order valence-electron chi connectivity index (χ4n) is 2.35. The highest BCUT2D eigenvalue weighted by Crippen LogP contribution is 2.28. The van der Waals surface area contributed by atoms with Crippen molar-refractivity contribution in [2.75, 3.05) is 0 Å². The molecule has 4 nitrogen and oxygen atoms in total. The number of hydrogen-bond acceptors (Lipinski definition) is 4. The molecule has 1 heterocycles. The molecule has 0 radical (unpaired) electrons. The third-order valence-corrected chi connectivity index (χ3v) is 4.93. The van der Waals surface area contributed by atoms with E-state index >= 15 is 0 Å². The summed E-state index contributed by atoms with van der Waals surface area (Å²) in [6.45, 7) is 0.264. The average molecular weight is 392 g/mol. The third-order valence-electron chi connectivity index (χ3n) is 3.53. The van der Waals surface area contributed by atoms with Crippen LogP contribution in [0.25, 0.3) is 11.3 Å². The molecule has 1 aromatic heterocycles. The van der Waals surface area contributed by atoms with Crippen molar-refractivity contribution in [2.45, 2.75) is 13.0 Å². The fraction of sp³-hybridized carbons (Fsp3) is 0.111. The highest BCUT2D eigenvalue weighted by molar-refractivity contribution is 7.07. The van der Waals surface area contributed by atoms with Crippen molar-refractivity contribution in [3.05, 3.63) is 68.8 Å². The zero-order valence-corrected chi connectivity index (χ0v) is 15.3. The van der Waals surface area contributed by atoms with E-state index in [9.17, 15) is 9.90 Å². The lowest BCUT2D eigenvalue weighted by Gasteiger charge is -2.10. The Balaban J connectivity index is 2.11. The topological polar surface area (TPSA) is 57.4 Å². The number of hydrogen-bond donors (Lipinski definition) is 0. The molecule has 0 saturated heterocycles. The van der Waals surface area contributed by atoms with Gasteiger partial charge in [0, 0.05) is 29.3 Å². The molecule has 0 N–H and O–H groups in total. The summed E-state index contributed by atoms with van der Waals surface area (Å²) in [4.78, 5) is 16.2. The number of carbonyl (C=O) groups is 1. The molecule has 0 atom stereocenters. The van der Waals surface area contributed by atoms with E-state index in [1.54, 1.807) is 18.2 Å². The lowest BCUT2D eigenvalue weighted by molar-refractivity contribution is -0.305. The predicted octanol–water partition coefficient (Wildman–Crippen LogP) is 3.90. The highest BCUT2D eigenvalue weighted by atomic mass is 35.5. The Morgan fingerprint density at radius 3 is 2.60 bits per heavy atom. The smallest absolute Gasteiger partial charge is 0.190 e. The first-order valence-electron chi connectivity index (χ1n) is 7.48. The summed E-state index contributed by atoms with van der Waals surface area (Å²) in [6, 6.07) is 14.8. The largest absolute Gasteiger partial charge is 0.550 e. The molecule has 0 spiro atoms. The van der Waals surface area contributed by atoms with Crippen molar-refractivity contribution >= 4 is 46.2 Å². The van der Waals surface area contributed by atoms with Crippen LogP contribution in [-0.4, -0.2) is 10.5 Å². The van der Waals surface area contributed by atoms with Crippen LogP contribution >= 0.6 is 34.5 Å². The Morgan fingerprint density at radius 1 is 1.16 bits per heavy atom. The Labute approximate surface area is 158 Å². The van der Waals surface area contributed by atoms with Crippen LogP contribution in [0.3, 0.4) is 0 Å². The average Bonchev–Trinajstić information content (AvgIpc) is 2.99. The first-order valence-corrected chi connectivity index (χ1v) is 9.11. The Hall–Kier alpha value is -2.08. The Kier molecular flexibility index (Phi) is 5.58. The monoisotopic (exact) mass is 391 g/mol. The lowest BCUT2D eigenvalue weighted by Crippen LogP contribution is -2.26. The van der Waals surface area contributed by atoms with Gasteiger partial charge in [-0.2, -0.15) is 0 Å². The summed E-state index contributed by atoms with van der Waals surface area (Å²) < 4.78 is 1.86. The molecule has 25 heavy (non-hydrogen) atoms. The Morgan fingerprint density at radius 2 is 1.92 bits per heavy atom. The molecule has 0 amide bonds. The van der Waals surface area contributed by atoms with Crippen LogP contribution in [0.4, 0.5) is 5.69 Å². The number of aromatic nitrogens is 1. The molecule has 3 aromatic rings. The number of carboxylic acid groups (broad SMARTS) is 1. The van der Waals surface area contributed by atoms with Gasteiger partial charge >= 0.3 is 0 Å². The van der Waals surface area contributed by atoms with Gasteiger partial charge in [0.15, 0.2) is 4.80 Å². The van der Waals surface area contributed by atoms with Gasteiger partial charge in [-0.05, 0) is 23.8 Å². The number of aliphatic carboxylic acids is 1. The number of thiazole rings is 1. The summed E-state index contributed by atoms with van der Waals surface area (Å²) in [6.07, 6.45) is -0.0991. The highest BCUT2D eigenvalue weighted by Gasteiger charge is 2.09. The second-order valence-corrected chi connectivity index (χ2v) is 6.93. The van der Waals surface area contributed by atoms with Crippen molar-refractivity contribution < 1.29 is 9.90 Å². The van der Waals surface area contributed by atoms with E-state index < -0.39 is 5.97 Å². The quantitative estimate of drug-likeness (QED) is 0.662. The number of carbonyl (C=O) groups excluding carboxylic acids is 1. The van der Waals surface area contributed by atoms with Crippen LogP contribution in [0, 0.1) is 0 Å². The SMILES string of the molecule is O=C([O-])CCn1c(-c2ccccc2)csc1=Nc1ccc(Cl)cc1Cl. The molecule has 0 aliphatic rings. The van der Waals surface area contributed by atoms with Gasteiger partial charge < -0.3 is 14.5 Å². The first kappa shape index (κ1) is 17.7. The van der Waals surface area contributed by atoms with Crippen LogP contribution in [0.5, 0.6) is 0 Å². The molecule has 0 unspecified atom stereocenters. The first-order chi connectivity index (χ1) is 12.0. The molecule has 3 rings (SSSR count). The van der Waals surface area contributed by atoms with Crippen LogP contribution in [-0.2, 0) is 11.3 Å². The number of benzene rings is 2. The number of carboxylic acids is 1. The van der Waals surface area contributed by atoms with Gasteiger partial charge in [-0.25, -0.2) is 4.99 Å². The van der Waals surface area contributed by atoms with E-state index in [0.717, 1.165) is 11.3 Å². The van der Waals surface area contributed by atoms with Gasteiger partial charge in [-0.15, -0.1) is 11.3 Å². The van der Waals surface area contributed by atoms with E-state index in [2.05, 4.69) is 4.99 Å². The summed E-state index contributed by atoms with van der Waals surface area (Å²) >= 11 is 13.5. The van der Waals surface area contributed by atoms with Gasteiger partial charge in [0.2, 0.25) is 0 Å². The van der Waals surface area contributed by atoms with E-state index in [1.165, 1.54) is 11.3 Å².